The first-order chi connectivity index (χ1) is 17.4. The monoisotopic (exact) mass is 574 g/mol. The molecule has 1 unspecified atom stereocenters. The van der Waals surface area contributed by atoms with Crippen molar-refractivity contribution in [3.05, 3.63) is 74.6 Å². The minimum absolute atomic E-state index is 0.188. The predicted octanol–water partition coefficient (Wildman–Crippen LogP) is 8.78. The molecule has 0 saturated carbocycles. The van der Waals surface area contributed by atoms with Gasteiger partial charge in [0, 0.05) is 16.9 Å². The van der Waals surface area contributed by atoms with Gasteiger partial charge in [0.2, 0.25) is 0 Å². The molecule has 10 heteroatoms. The maximum atomic E-state index is 13.1. The van der Waals surface area contributed by atoms with Crippen LogP contribution in [-0.2, 0) is 26.9 Å². The third kappa shape index (κ3) is 7.19. The van der Waals surface area contributed by atoms with Gasteiger partial charge < -0.3 is 14.2 Å². The largest absolute Gasteiger partial charge is 0.475 e. The van der Waals surface area contributed by atoms with Crippen molar-refractivity contribution >= 4 is 40.5 Å². The maximum Gasteiger partial charge on any atom is 0.416 e. The molecule has 3 rings (SSSR count). The lowest BCUT2D eigenvalue weighted by atomic mass is 10.0. The molecule has 1 heterocycles. The summed E-state index contributed by atoms with van der Waals surface area (Å²) in [7, 11) is 1.58. The van der Waals surface area contributed by atoms with Crippen LogP contribution in [-0.4, -0.2) is 25.3 Å². The summed E-state index contributed by atoms with van der Waals surface area (Å²) < 4.78 is 55.8. The molecular formula is C27H27Cl2F3O4S. The van der Waals surface area contributed by atoms with Gasteiger partial charge in [0.1, 0.15) is 10.8 Å². The van der Waals surface area contributed by atoms with Crippen molar-refractivity contribution in [2.75, 3.05) is 13.7 Å². The summed E-state index contributed by atoms with van der Waals surface area (Å²) in [4.78, 5) is 13.7. The van der Waals surface area contributed by atoms with Crippen molar-refractivity contribution in [1.29, 1.82) is 0 Å². The summed E-state index contributed by atoms with van der Waals surface area (Å²) in [5.74, 6) is -0.254. The molecule has 2 aromatic carbocycles. The number of carbonyl (C=O) groups excluding carboxylic acids is 1. The molecule has 0 saturated heterocycles. The Labute approximate surface area is 228 Å². The summed E-state index contributed by atoms with van der Waals surface area (Å²) in [6.45, 7) is 5.11. The standard InChI is InChI=1S/C27H27Cl2F3O4S/c1-5-35-25(33)26(2,3)36-20-12-10-16(23(28)24(20)29)9-11-19(34-4)22-14-13-21(37-22)17-7-6-8-18(15-17)27(30,31)32/h6-8,10,12-15,19H,5,9,11H2,1-4H3. The van der Waals surface area contributed by atoms with Gasteiger partial charge in [-0.3, -0.25) is 0 Å². The summed E-state index contributed by atoms with van der Waals surface area (Å²) in [6, 6.07) is 12.3. The number of hydrogen-bond donors (Lipinski definition) is 0. The molecule has 0 aliphatic heterocycles. The fraction of sp³-hybridized carbons (Fsp3) is 0.370. The minimum atomic E-state index is -4.40. The average Bonchev–Trinajstić information content (AvgIpc) is 3.33. The number of ether oxygens (including phenoxy) is 3. The number of methoxy groups -OCH3 is 1. The van der Waals surface area contributed by atoms with Gasteiger partial charge in [-0.1, -0.05) is 41.4 Å². The van der Waals surface area contributed by atoms with E-state index in [0.29, 0.717) is 23.4 Å². The molecule has 37 heavy (non-hydrogen) atoms. The Morgan fingerprint density at radius 3 is 2.43 bits per heavy atom. The van der Waals surface area contributed by atoms with E-state index in [1.54, 1.807) is 52.1 Å². The molecule has 4 nitrogen and oxygen atoms in total. The van der Waals surface area contributed by atoms with Crippen molar-refractivity contribution in [3.63, 3.8) is 0 Å². The Kier molecular flexibility index (Phi) is 9.56. The Hall–Kier alpha value is -2.26. The van der Waals surface area contributed by atoms with E-state index in [1.807, 2.05) is 6.07 Å². The zero-order valence-corrected chi connectivity index (χ0v) is 23.1. The Balaban J connectivity index is 1.72. The van der Waals surface area contributed by atoms with Gasteiger partial charge in [-0.2, -0.15) is 13.2 Å². The molecule has 0 fully saturated rings. The summed E-state index contributed by atoms with van der Waals surface area (Å²) >= 11 is 14.3. The molecular weight excluding hydrogens is 548 g/mol. The van der Waals surface area contributed by atoms with Crippen LogP contribution < -0.4 is 4.74 Å². The van der Waals surface area contributed by atoms with E-state index in [1.165, 1.54) is 17.4 Å². The first-order valence-corrected chi connectivity index (χ1v) is 13.1. The number of esters is 1. The van der Waals surface area contributed by atoms with Crippen molar-refractivity contribution in [1.82, 2.24) is 0 Å². The van der Waals surface area contributed by atoms with Crippen LogP contribution >= 0.6 is 34.5 Å². The number of benzene rings is 2. The second-order valence-electron chi connectivity index (χ2n) is 8.73. The van der Waals surface area contributed by atoms with Crippen LogP contribution in [0.15, 0.2) is 48.5 Å². The van der Waals surface area contributed by atoms with Gasteiger partial charge in [-0.25, -0.2) is 4.79 Å². The van der Waals surface area contributed by atoms with E-state index >= 15 is 0 Å². The van der Waals surface area contributed by atoms with Crippen molar-refractivity contribution < 1.29 is 32.2 Å². The van der Waals surface area contributed by atoms with E-state index in [9.17, 15) is 18.0 Å². The van der Waals surface area contributed by atoms with Crippen LogP contribution in [0.25, 0.3) is 10.4 Å². The molecule has 0 N–H and O–H groups in total. The number of aryl methyl sites for hydroxylation is 1. The average molecular weight is 575 g/mol. The van der Waals surface area contributed by atoms with Crippen molar-refractivity contribution in [3.8, 4) is 16.2 Å². The lowest BCUT2D eigenvalue weighted by Gasteiger charge is -2.25. The number of thiophene rings is 1. The third-order valence-corrected chi connectivity index (χ3v) is 7.77. The Morgan fingerprint density at radius 2 is 1.78 bits per heavy atom. The lowest BCUT2D eigenvalue weighted by Crippen LogP contribution is -2.39. The molecule has 200 valence electrons. The van der Waals surface area contributed by atoms with Gasteiger partial charge in [0.25, 0.3) is 0 Å². The first kappa shape index (κ1) is 29.3. The number of hydrogen-bond acceptors (Lipinski definition) is 5. The van der Waals surface area contributed by atoms with Crippen LogP contribution in [0.1, 0.15) is 49.3 Å². The van der Waals surface area contributed by atoms with E-state index in [4.69, 9.17) is 37.4 Å². The fourth-order valence-electron chi connectivity index (χ4n) is 3.66. The van der Waals surface area contributed by atoms with Gasteiger partial charge in [0.15, 0.2) is 5.60 Å². The maximum absolute atomic E-state index is 13.1. The van der Waals surface area contributed by atoms with Crippen LogP contribution in [0, 0.1) is 0 Å². The highest BCUT2D eigenvalue weighted by Gasteiger charge is 2.33. The number of rotatable bonds is 10. The van der Waals surface area contributed by atoms with Gasteiger partial charge in [0.05, 0.1) is 23.3 Å². The Morgan fingerprint density at radius 1 is 1.05 bits per heavy atom. The second-order valence-corrected chi connectivity index (χ2v) is 10.6. The normalized spacial score (nSPS) is 12.9. The van der Waals surface area contributed by atoms with Crippen LogP contribution in [0.5, 0.6) is 5.75 Å². The van der Waals surface area contributed by atoms with E-state index in [-0.39, 0.29) is 23.5 Å². The van der Waals surface area contributed by atoms with Crippen molar-refractivity contribution in [2.45, 2.75) is 51.5 Å². The molecule has 0 aliphatic carbocycles. The molecule has 1 aromatic heterocycles. The number of halogens is 5. The topological polar surface area (TPSA) is 44.8 Å². The highest BCUT2D eigenvalue weighted by molar-refractivity contribution is 7.15. The Bertz CT molecular complexity index is 1240. The van der Waals surface area contributed by atoms with Crippen LogP contribution in [0.2, 0.25) is 10.0 Å². The lowest BCUT2D eigenvalue weighted by molar-refractivity contribution is -0.158. The van der Waals surface area contributed by atoms with Crippen molar-refractivity contribution in [2.24, 2.45) is 0 Å². The minimum Gasteiger partial charge on any atom is -0.475 e. The zero-order chi connectivity index (χ0) is 27.4. The van der Waals surface area contributed by atoms with Gasteiger partial charge in [-0.15, -0.1) is 11.3 Å². The summed E-state index contributed by atoms with van der Waals surface area (Å²) in [6.07, 6.45) is -3.61. The molecule has 1 atom stereocenters. The smallest absolute Gasteiger partial charge is 0.416 e. The van der Waals surface area contributed by atoms with Crippen LogP contribution in [0.3, 0.4) is 0 Å². The fourth-order valence-corrected chi connectivity index (χ4v) is 5.25. The van der Waals surface area contributed by atoms with E-state index in [0.717, 1.165) is 27.5 Å². The van der Waals surface area contributed by atoms with E-state index < -0.39 is 23.3 Å². The van der Waals surface area contributed by atoms with Crippen LogP contribution in [0.4, 0.5) is 13.2 Å². The molecule has 0 spiro atoms. The third-order valence-electron chi connectivity index (χ3n) is 5.64. The highest BCUT2D eigenvalue weighted by atomic mass is 35.5. The second kappa shape index (κ2) is 12.1. The molecule has 3 aromatic rings. The predicted molar refractivity (Wildman–Crippen MR) is 141 cm³/mol. The molecule has 0 amide bonds. The number of carbonyl (C=O) groups is 1. The molecule has 0 aliphatic rings. The summed E-state index contributed by atoms with van der Waals surface area (Å²) in [5, 5.41) is 0.498. The quantitative estimate of drug-likeness (QED) is 0.227. The number of alkyl halides is 3. The van der Waals surface area contributed by atoms with Gasteiger partial charge >= 0.3 is 12.1 Å². The first-order valence-electron chi connectivity index (χ1n) is 11.5. The summed E-state index contributed by atoms with van der Waals surface area (Å²) in [5.41, 5.74) is -0.670. The highest BCUT2D eigenvalue weighted by Crippen LogP contribution is 2.40. The SMILES string of the molecule is CCOC(=O)C(C)(C)Oc1ccc(CCC(OC)c2ccc(-c3cccc(C(F)(F)F)c3)s2)c(Cl)c1Cl. The van der Waals surface area contributed by atoms with E-state index in [2.05, 4.69) is 0 Å². The molecule has 0 radical (unpaired) electrons. The molecule has 0 bridgehead atoms. The zero-order valence-electron chi connectivity index (χ0n) is 20.7. The van der Waals surface area contributed by atoms with Gasteiger partial charge in [-0.05, 0) is 75.1 Å².